The number of fused-ring (bicyclic) bond motifs is 1. The third-order valence-corrected chi connectivity index (χ3v) is 3.05. The summed E-state index contributed by atoms with van der Waals surface area (Å²) in [5, 5.41) is 12.0. The second-order valence-corrected chi connectivity index (χ2v) is 4.55. The molecule has 0 aliphatic rings. The number of rotatable bonds is 3. The van der Waals surface area contributed by atoms with Crippen LogP contribution in [0.5, 0.6) is 0 Å². The minimum absolute atomic E-state index is 0.242. The highest BCUT2D eigenvalue weighted by molar-refractivity contribution is 5.86. The molecular formula is C15H18O. The van der Waals surface area contributed by atoms with E-state index >= 15 is 0 Å². The lowest BCUT2D eigenvalue weighted by Gasteiger charge is -2.16. The minimum Gasteiger partial charge on any atom is -0.393 e. The first-order valence-electron chi connectivity index (χ1n) is 5.84. The lowest BCUT2D eigenvalue weighted by Crippen LogP contribution is -2.06. The summed E-state index contributed by atoms with van der Waals surface area (Å²) < 4.78 is 0. The van der Waals surface area contributed by atoms with Crippen molar-refractivity contribution in [3.63, 3.8) is 0 Å². The summed E-state index contributed by atoms with van der Waals surface area (Å²) in [6, 6.07) is 14.8. The summed E-state index contributed by atoms with van der Waals surface area (Å²) in [4.78, 5) is 0. The largest absolute Gasteiger partial charge is 0.393 e. The standard InChI is InChI=1S/C15H18O/c1-11(10-12(2)16)14-9-5-7-13-6-3-4-8-15(13)14/h3-9,11-12,16H,10H2,1-2H3/t11-,12+/m1/s1. The molecule has 0 unspecified atom stereocenters. The molecule has 0 aliphatic heterocycles. The summed E-state index contributed by atoms with van der Waals surface area (Å²) in [6.07, 6.45) is 0.572. The van der Waals surface area contributed by atoms with Crippen LogP contribution in [0.3, 0.4) is 0 Å². The molecule has 1 heteroatoms. The van der Waals surface area contributed by atoms with Gasteiger partial charge in [-0.05, 0) is 35.6 Å². The van der Waals surface area contributed by atoms with Crippen LogP contribution in [0.2, 0.25) is 0 Å². The molecule has 0 saturated heterocycles. The molecule has 16 heavy (non-hydrogen) atoms. The first kappa shape index (κ1) is 11.2. The first-order chi connectivity index (χ1) is 7.68. The van der Waals surface area contributed by atoms with Gasteiger partial charge in [0, 0.05) is 0 Å². The molecule has 2 atom stereocenters. The molecule has 0 bridgehead atoms. The monoisotopic (exact) mass is 214 g/mol. The highest BCUT2D eigenvalue weighted by atomic mass is 16.3. The average molecular weight is 214 g/mol. The Hall–Kier alpha value is -1.34. The van der Waals surface area contributed by atoms with Gasteiger partial charge in [0.25, 0.3) is 0 Å². The third kappa shape index (κ3) is 2.25. The van der Waals surface area contributed by atoms with Gasteiger partial charge in [-0.3, -0.25) is 0 Å². The van der Waals surface area contributed by atoms with E-state index in [2.05, 4.69) is 49.4 Å². The topological polar surface area (TPSA) is 20.2 Å². The fraction of sp³-hybridized carbons (Fsp3) is 0.333. The Balaban J connectivity index is 2.44. The zero-order chi connectivity index (χ0) is 11.5. The van der Waals surface area contributed by atoms with Crippen LogP contribution in [0.1, 0.15) is 31.7 Å². The molecule has 84 valence electrons. The number of benzene rings is 2. The second-order valence-electron chi connectivity index (χ2n) is 4.55. The number of aliphatic hydroxyl groups is 1. The SMILES string of the molecule is C[C@H](O)C[C@@H](C)c1cccc2ccccc12. The van der Waals surface area contributed by atoms with Crippen molar-refractivity contribution in [1.82, 2.24) is 0 Å². The predicted octanol–water partition coefficient (Wildman–Crippen LogP) is 3.71. The van der Waals surface area contributed by atoms with Gasteiger partial charge in [-0.25, -0.2) is 0 Å². The van der Waals surface area contributed by atoms with Crippen molar-refractivity contribution in [1.29, 1.82) is 0 Å². The summed E-state index contributed by atoms with van der Waals surface area (Å²) in [5.74, 6) is 0.395. The van der Waals surface area contributed by atoms with Gasteiger partial charge in [-0.1, -0.05) is 49.4 Å². The maximum absolute atomic E-state index is 9.46. The molecule has 0 fully saturated rings. The van der Waals surface area contributed by atoms with E-state index in [0.717, 1.165) is 6.42 Å². The Kier molecular flexibility index (Phi) is 3.25. The normalized spacial score (nSPS) is 14.9. The van der Waals surface area contributed by atoms with Crippen LogP contribution in [-0.2, 0) is 0 Å². The minimum atomic E-state index is -0.242. The van der Waals surface area contributed by atoms with Crippen molar-refractivity contribution in [3.8, 4) is 0 Å². The number of hydrogen-bond donors (Lipinski definition) is 1. The van der Waals surface area contributed by atoms with Gasteiger partial charge < -0.3 is 5.11 Å². The van der Waals surface area contributed by atoms with Gasteiger partial charge in [0.05, 0.1) is 6.10 Å². The highest BCUT2D eigenvalue weighted by Crippen LogP contribution is 2.28. The van der Waals surface area contributed by atoms with Crippen LogP contribution >= 0.6 is 0 Å². The van der Waals surface area contributed by atoms with E-state index in [1.54, 1.807) is 0 Å². The molecule has 0 amide bonds. The lowest BCUT2D eigenvalue weighted by atomic mass is 9.91. The van der Waals surface area contributed by atoms with E-state index in [0.29, 0.717) is 5.92 Å². The van der Waals surface area contributed by atoms with Gasteiger partial charge in [0.2, 0.25) is 0 Å². The maximum atomic E-state index is 9.46. The molecule has 1 nitrogen and oxygen atoms in total. The van der Waals surface area contributed by atoms with Gasteiger partial charge >= 0.3 is 0 Å². The fourth-order valence-electron chi connectivity index (χ4n) is 2.32. The van der Waals surface area contributed by atoms with Gasteiger partial charge in [-0.15, -0.1) is 0 Å². The zero-order valence-electron chi connectivity index (χ0n) is 9.85. The van der Waals surface area contributed by atoms with Crippen LogP contribution in [0.4, 0.5) is 0 Å². The molecule has 0 saturated carbocycles. The maximum Gasteiger partial charge on any atom is 0.0517 e. The average Bonchev–Trinajstić information content (AvgIpc) is 2.27. The van der Waals surface area contributed by atoms with E-state index in [9.17, 15) is 5.11 Å². The van der Waals surface area contributed by atoms with Crippen LogP contribution < -0.4 is 0 Å². The van der Waals surface area contributed by atoms with Gasteiger partial charge in [-0.2, -0.15) is 0 Å². The summed E-state index contributed by atoms with van der Waals surface area (Å²) in [5.41, 5.74) is 1.33. The third-order valence-electron chi connectivity index (χ3n) is 3.05. The Labute approximate surface area is 96.7 Å². The van der Waals surface area contributed by atoms with E-state index < -0.39 is 0 Å². The molecule has 0 aromatic heterocycles. The van der Waals surface area contributed by atoms with Crippen molar-refractivity contribution < 1.29 is 5.11 Å². The fourth-order valence-corrected chi connectivity index (χ4v) is 2.32. The molecule has 0 heterocycles. The molecule has 0 aliphatic carbocycles. The van der Waals surface area contributed by atoms with E-state index in [4.69, 9.17) is 0 Å². The highest BCUT2D eigenvalue weighted by Gasteiger charge is 2.11. The van der Waals surface area contributed by atoms with Crippen LogP contribution in [-0.4, -0.2) is 11.2 Å². The van der Waals surface area contributed by atoms with Crippen LogP contribution in [0, 0.1) is 0 Å². The van der Waals surface area contributed by atoms with E-state index in [1.165, 1.54) is 16.3 Å². The van der Waals surface area contributed by atoms with E-state index in [1.807, 2.05) is 6.92 Å². The van der Waals surface area contributed by atoms with Crippen molar-refractivity contribution >= 4 is 10.8 Å². The molecule has 0 radical (unpaired) electrons. The van der Waals surface area contributed by atoms with Crippen molar-refractivity contribution in [3.05, 3.63) is 48.0 Å². The molecule has 2 aromatic rings. The predicted molar refractivity (Wildman–Crippen MR) is 68.7 cm³/mol. The zero-order valence-corrected chi connectivity index (χ0v) is 9.85. The van der Waals surface area contributed by atoms with Crippen molar-refractivity contribution in [2.24, 2.45) is 0 Å². The Morgan fingerprint density at radius 1 is 1.00 bits per heavy atom. The first-order valence-corrected chi connectivity index (χ1v) is 5.84. The summed E-state index contributed by atoms with van der Waals surface area (Å²) in [6.45, 7) is 4.02. The molecule has 1 N–H and O–H groups in total. The van der Waals surface area contributed by atoms with Crippen LogP contribution in [0.15, 0.2) is 42.5 Å². The molecular weight excluding hydrogens is 196 g/mol. The molecule has 2 aromatic carbocycles. The molecule has 2 rings (SSSR count). The number of hydrogen-bond acceptors (Lipinski definition) is 1. The summed E-state index contributed by atoms with van der Waals surface area (Å²) in [7, 11) is 0. The summed E-state index contributed by atoms with van der Waals surface area (Å²) >= 11 is 0. The second kappa shape index (κ2) is 4.67. The molecule has 0 spiro atoms. The van der Waals surface area contributed by atoms with E-state index in [-0.39, 0.29) is 6.10 Å². The smallest absolute Gasteiger partial charge is 0.0517 e. The van der Waals surface area contributed by atoms with Crippen LogP contribution in [0.25, 0.3) is 10.8 Å². The van der Waals surface area contributed by atoms with Gasteiger partial charge in [0.15, 0.2) is 0 Å². The number of aliphatic hydroxyl groups excluding tert-OH is 1. The lowest BCUT2D eigenvalue weighted by molar-refractivity contribution is 0.177. The Morgan fingerprint density at radius 3 is 2.44 bits per heavy atom. The van der Waals surface area contributed by atoms with Crippen molar-refractivity contribution in [2.45, 2.75) is 32.3 Å². The Bertz CT molecular complexity index is 468. The van der Waals surface area contributed by atoms with Crippen molar-refractivity contribution in [2.75, 3.05) is 0 Å². The van der Waals surface area contributed by atoms with Gasteiger partial charge in [0.1, 0.15) is 0 Å². The quantitative estimate of drug-likeness (QED) is 0.825. The Morgan fingerprint density at radius 2 is 1.69 bits per heavy atom.